The second-order valence-corrected chi connectivity index (χ2v) is 5.42. The summed E-state index contributed by atoms with van der Waals surface area (Å²) in [5.41, 5.74) is 4.83. The molecule has 0 spiro atoms. The maximum absolute atomic E-state index is 5.10. The molecule has 0 fully saturated rings. The predicted octanol–water partition coefficient (Wildman–Crippen LogP) is 4.52. The molecule has 0 saturated heterocycles. The Balaban J connectivity index is 1.96. The quantitative estimate of drug-likeness (QED) is 0.875. The summed E-state index contributed by atoms with van der Waals surface area (Å²) in [5, 5.41) is 3.42. The maximum atomic E-state index is 5.10. The predicted molar refractivity (Wildman–Crippen MR) is 83.4 cm³/mol. The number of benzene rings is 2. The Morgan fingerprint density at radius 1 is 1.05 bits per heavy atom. The first-order chi connectivity index (χ1) is 9.19. The Hall–Kier alpha value is -1.32. The van der Waals surface area contributed by atoms with E-state index in [1.165, 1.54) is 16.7 Å². The molecule has 3 heteroatoms. The molecule has 0 saturated carbocycles. The molecule has 2 rings (SSSR count). The van der Waals surface area contributed by atoms with Gasteiger partial charge in [-0.2, -0.15) is 0 Å². The van der Waals surface area contributed by atoms with Crippen LogP contribution in [0.4, 0.5) is 5.69 Å². The molecule has 19 heavy (non-hydrogen) atoms. The zero-order valence-electron chi connectivity index (χ0n) is 11.2. The summed E-state index contributed by atoms with van der Waals surface area (Å²) < 4.78 is 6.23. The van der Waals surface area contributed by atoms with Crippen LogP contribution in [0.5, 0.6) is 0 Å². The van der Waals surface area contributed by atoms with Crippen LogP contribution in [0.2, 0.25) is 0 Å². The lowest BCUT2D eigenvalue weighted by molar-refractivity contribution is 0.185. The second-order valence-electron chi connectivity index (χ2n) is 4.57. The third kappa shape index (κ3) is 4.08. The number of aryl methyl sites for hydroxylation is 1. The molecule has 0 amide bonds. The monoisotopic (exact) mass is 319 g/mol. The molecular formula is C16H18BrNO. The first kappa shape index (κ1) is 14.1. The zero-order valence-corrected chi connectivity index (χ0v) is 12.8. The molecule has 0 heterocycles. The van der Waals surface area contributed by atoms with Crippen LogP contribution in [0.15, 0.2) is 46.9 Å². The number of nitrogens with one attached hydrogen (secondary N) is 1. The van der Waals surface area contributed by atoms with Gasteiger partial charge >= 0.3 is 0 Å². The highest BCUT2D eigenvalue weighted by Gasteiger charge is 1.98. The van der Waals surface area contributed by atoms with Gasteiger partial charge in [-0.25, -0.2) is 0 Å². The molecule has 2 nitrogen and oxygen atoms in total. The number of ether oxygens (including phenoxy) is 1. The van der Waals surface area contributed by atoms with Crippen molar-refractivity contribution in [2.45, 2.75) is 20.1 Å². The highest BCUT2D eigenvalue weighted by atomic mass is 79.9. The number of methoxy groups -OCH3 is 1. The zero-order chi connectivity index (χ0) is 13.7. The van der Waals surface area contributed by atoms with E-state index in [2.05, 4.69) is 70.6 Å². The molecule has 0 aliphatic carbocycles. The van der Waals surface area contributed by atoms with Crippen LogP contribution >= 0.6 is 15.9 Å². The third-order valence-electron chi connectivity index (χ3n) is 3.00. The Morgan fingerprint density at radius 2 is 1.74 bits per heavy atom. The summed E-state index contributed by atoms with van der Waals surface area (Å²) in [6, 6.07) is 14.8. The van der Waals surface area contributed by atoms with Gasteiger partial charge in [0.1, 0.15) is 0 Å². The highest BCUT2D eigenvalue weighted by molar-refractivity contribution is 9.10. The molecule has 0 unspecified atom stereocenters. The molecule has 0 atom stereocenters. The molecule has 1 N–H and O–H groups in total. The van der Waals surface area contributed by atoms with Crippen molar-refractivity contribution in [1.29, 1.82) is 0 Å². The molecule has 100 valence electrons. The van der Waals surface area contributed by atoms with E-state index < -0.39 is 0 Å². The van der Waals surface area contributed by atoms with E-state index in [9.17, 15) is 0 Å². The van der Waals surface area contributed by atoms with Gasteiger partial charge in [0.25, 0.3) is 0 Å². The van der Waals surface area contributed by atoms with Crippen molar-refractivity contribution in [1.82, 2.24) is 0 Å². The maximum Gasteiger partial charge on any atom is 0.0713 e. The van der Waals surface area contributed by atoms with Crippen molar-refractivity contribution in [3.05, 3.63) is 63.6 Å². The minimum atomic E-state index is 0.665. The number of hydrogen-bond acceptors (Lipinski definition) is 2. The van der Waals surface area contributed by atoms with Gasteiger partial charge in [0.2, 0.25) is 0 Å². The normalized spacial score (nSPS) is 10.5. The average molecular weight is 320 g/mol. The average Bonchev–Trinajstić information content (AvgIpc) is 2.42. The molecule has 0 bridgehead atoms. The number of hydrogen-bond donors (Lipinski definition) is 1. The van der Waals surface area contributed by atoms with E-state index in [1.807, 2.05) is 0 Å². The van der Waals surface area contributed by atoms with Crippen LogP contribution in [0.1, 0.15) is 16.7 Å². The van der Waals surface area contributed by atoms with Crippen molar-refractivity contribution in [3.8, 4) is 0 Å². The van der Waals surface area contributed by atoms with E-state index in [0.29, 0.717) is 6.61 Å². The van der Waals surface area contributed by atoms with Gasteiger partial charge in [-0.3, -0.25) is 0 Å². The summed E-state index contributed by atoms with van der Waals surface area (Å²) in [6.07, 6.45) is 0. The van der Waals surface area contributed by atoms with Crippen molar-refractivity contribution < 1.29 is 4.74 Å². The fourth-order valence-electron chi connectivity index (χ4n) is 1.83. The summed E-state index contributed by atoms with van der Waals surface area (Å²) in [7, 11) is 1.71. The van der Waals surface area contributed by atoms with Crippen LogP contribution < -0.4 is 5.32 Å². The van der Waals surface area contributed by atoms with Crippen molar-refractivity contribution in [2.75, 3.05) is 12.4 Å². The van der Waals surface area contributed by atoms with E-state index in [1.54, 1.807) is 7.11 Å². The molecule has 0 aliphatic rings. The van der Waals surface area contributed by atoms with Crippen molar-refractivity contribution in [2.24, 2.45) is 0 Å². The van der Waals surface area contributed by atoms with Gasteiger partial charge in [-0.05, 0) is 35.7 Å². The Labute approximate surface area is 122 Å². The third-order valence-corrected chi connectivity index (χ3v) is 3.86. The summed E-state index contributed by atoms with van der Waals surface area (Å²) in [4.78, 5) is 0. The van der Waals surface area contributed by atoms with Crippen molar-refractivity contribution >= 4 is 21.6 Å². The van der Waals surface area contributed by atoms with E-state index in [4.69, 9.17) is 4.74 Å². The molecule has 2 aromatic rings. The van der Waals surface area contributed by atoms with Gasteiger partial charge in [0, 0.05) is 23.8 Å². The molecule has 2 aromatic carbocycles. The van der Waals surface area contributed by atoms with Gasteiger partial charge in [0.05, 0.1) is 6.61 Å². The van der Waals surface area contributed by atoms with Crippen molar-refractivity contribution in [3.63, 3.8) is 0 Å². The van der Waals surface area contributed by atoms with Crippen LogP contribution in [0.25, 0.3) is 0 Å². The van der Waals surface area contributed by atoms with Crippen LogP contribution in [-0.2, 0) is 17.9 Å². The lowest BCUT2D eigenvalue weighted by atomic mass is 10.1. The molecule has 0 radical (unpaired) electrons. The first-order valence-corrected chi connectivity index (χ1v) is 7.05. The van der Waals surface area contributed by atoms with Crippen LogP contribution in [0.3, 0.4) is 0 Å². The Bertz CT molecular complexity index is 537. The van der Waals surface area contributed by atoms with Crippen LogP contribution in [0, 0.1) is 6.92 Å². The van der Waals surface area contributed by atoms with Gasteiger partial charge in [0.15, 0.2) is 0 Å². The van der Waals surface area contributed by atoms with Crippen LogP contribution in [-0.4, -0.2) is 7.11 Å². The Kier molecular flexibility index (Phi) is 5.00. The minimum Gasteiger partial charge on any atom is -0.381 e. The van der Waals surface area contributed by atoms with E-state index >= 15 is 0 Å². The molecule has 0 aromatic heterocycles. The fourth-order valence-corrected chi connectivity index (χ4v) is 2.21. The SMILES string of the molecule is COCc1ccc(CNc2ccc(C)c(Br)c2)cc1. The fraction of sp³-hybridized carbons (Fsp3) is 0.250. The van der Waals surface area contributed by atoms with E-state index in [0.717, 1.165) is 16.7 Å². The summed E-state index contributed by atoms with van der Waals surface area (Å²) >= 11 is 3.55. The standard InChI is InChI=1S/C16H18BrNO/c1-12-3-8-15(9-16(12)17)18-10-13-4-6-14(7-5-13)11-19-2/h3-9,18H,10-11H2,1-2H3. The Morgan fingerprint density at radius 3 is 2.37 bits per heavy atom. The highest BCUT2D eigenvalue weighted by Crippen LogP contribution is 2.21. The topological polar surface area (TPSA) is 21.3 Å². The lowest BCUT2D eigenvalue weighted by Crippen LogP contribution is -1.99. The second kappa shape index (κ2) is 6.73. The smallest absolute Gasteiger partial charge is 0.0713 e. The lowest BCUT2D eigenvalue weighted by Gasteiger charge is -2.09. The van der Waals surface area contributed by atoms with Gasteiger partial charge in [-0.15, -0.1) is 0 Å². The molecule has 0 aliphatic heterocycles. The van der Waals surface area contributed by atoms with Gasteiger partial charge < -0.3 is 10.1 Å². The minimum absolute atomic E-state index is 0.665. The van der Waals surface area contributed by atoms with Gasteiger partial charge in [-0.1, -0.05) is 46.3 Å². The largest absolute Gasteiger partial charge is 0.381 e. The number of anilines is 1. The summed E-state index contributed by atoms with van der Waals surface area (Å²) in [6.45, 7) is 3.57. The first-order valence-electron chi connectivity index (χ1n) is 6.26. The number of halogens is 1. The van der Waals surface area contributed by atoms with E-state index in [-0.39, 0.29) is 0 Å². The summed E-state index contributed by atoms with van der Waals surface area (Å²) in [5.74, 6) is 0. The molecular weight excluding hydrogens is 302 g/mol. The number of rotatable bonds is 5.